The number of ether oxygens (including phenoxy) is 1. The summed E-state index contributed by atoms with van der Waals surface area (Å²) in [5, 5.41) is 1.35. The Morgan fingerprint density at radius 3 is 2.39 bits per heavy atom. The number of hydrogen-bond donors (Lipinski definition) is 0. The Labute approximate surface area is 199 Å². The first-order valence-corrected chi connectivity index (χ1v) is 12.5. The molecule has 0 spiro atoms. The molecule has 1 amide bonds. The van der Waals surface area contributed by atoms with Gasteiger partial charge in [-0.15, -0.1) is 0 Å². The molecule has 4 rings (SSSR count). The van der Waals surface area contributed by atoms with E-state index >= 15 is 0 Å². The van der Waals surface area contributed by atoms with Gasteiger partial charge in [-0.3, -0.25) is 4.79 Å². The van der Waals surface area contributed by atoms with Gasteiger partial charge in [-0.25, -0.2) is 0 Å². The summed E-state index contributed by atoms with van der Waals surface area (Å²) in [5.41, 5.74) is 2.02. The van der Waals surface area contributed by atoms with Gasteiger partial charge in [0.1, 0.15) is 12.7 Å². The number of rotatable bonds is 6. The molecule has 1 aliphatic heterocycles. The van der Waals surface area contributed by atoms with Gasteiger partial charge in [0.2, 0.25) is 5.91 Å². The molecular weight excluding hydrogens is 449 g/mol. The van der Waals surface area contributed by atoms with E-state index in [1.807, 2.05) is 60.3 Å². The van der Waals surface area contributed by atoms with E-state index < -0.39 is 0 Å². The highest BCUT2D eigenvalue weighted by molar-refractivity contribution is 8.00. The average Bonchev–Trinajstić information content (AvgIpc) is 3.54. The highest BCUT2D eigenvalue weighted by Crippen LogP contribution is 2.47. The summed E-state index contributed by atoms with van der Waals surface area (Å²) < 4.78 is 6.31. The van der Waals surface area contributed by atoms with Crippen LogP contribution in [0.25, 0.3) is 0 Å². The van der Waals surface area contributed by atoms with Gasteiger partial charge in [0, 0.05) is 26.6 Å². The van der Waals surface area contributed by atoms with Gasteiger partial charge in [-0.05, 0) is 54.2 Å². The van der Waals surface area contributed by atoms with Crippen molar-refractivity contribution in [2.75, 3.05) is 12.4 Å². The smallest absolute Gasteiger partial charge is 0.249 e. The molecule has 3 atom stereocenters. The molecule has 3 nitrogen and oxygen atoms in total. The maximum Gasteiger partial charge on any atom is 0.249 e. The first-order valence-electron chi connectivity index (χ1n) is 10.8. The maximum atomic E-state index is 13.3. The largest absolute Gasteiger partial charge is 0.361 e. The van der Waals surface area contributed by atoms with Crippen molar-refractivity contribution in [2.24, 2.45) is 5.92 Å². The molecule has 1 heterocycles. The van der Waals surface area contributed by atoms with Gasteiger partial charge in [0.25, 0.3) is 0 Å². The summed E-state index contributed by atoms with van der Waals surface area (Å²) in [6, 6.07) is 15.5. The predicted octanol–water partition coefficient (Wildman–Crippen LogP) is 6.94. The lowest BCUT2D eigenvalue weighted by atomic mass is 9.91. The van der Waals surface area contributed by atoms with Crippen molar-refractivity contribution < 1.29 is 9.53 Å². The Kier molecular flexibility index (Phi) is 6.93. The minimum absolute atomic E-state index is 0.0598. The van der Waals surface area contributed by atoms with Crippen LogP contribution in [0.15, 0.2) is 48.5 Å². The van der Waals surface area contributed by atoms with Crippen LogP contribution in [0.1, 0.15) is 56.9 Å². The van der Waals surface area contributed by atoms with E-state index in [9.17, 15) is 4.79 Å². The Balaban J connectivity index is 1.75. The van der Waals surface area contributed by atoms with Crippen molar-refractivity contribution in [3.63, 3.8) is 0 Å². The summed E-state index contributed by atoms with van der Waals surface area (Å²) in [6.45, 7) is 6.78. The van der Waals surface area contributed by atoms with Gasteiger partial charge in [-0.1, -0.05) is 68.2 Å². The molecule has 2 aromatic rings. The molecule has 0 unspecified atom stereocenters. The zero-order chi connectivity index (χ0) is 22.2. The molecule has 0 N–H and O–H groups in total. The lowest BCUT2D eigenvalue weighted by Crippen LogP contribution is -2.52. The van der Waals surface area contributed by atoms with Crippen LogP contribution >= 0.6 is 35.0 Å². The third-order valence-corrected chi connectivity index (χ3v) is 7.72. The normalized spacial score (nSPS) is 23.1. The van der Waals surface area contributed by atoms with Crippen LogP contribution in [0.4, 0.5) is 0 Å². The van der Waals surface area contributed by atoms with Crippen molar-refractivity contribution in [1.82, 2.24) is 4.90 Å². The summed E-state index contributed by atoms with van der Waals surface area (Å²) in [7, 11) is 0. The molecule has 1 aliphatic carbocycles. The monoisotopic (exact) mass is 477 g/mol. The predicted molar refractivity (Wildman–Crippen MR) is 130 cm³/mol. The number of hydrogen-bond acceptors (Lipinski definition) is 3. The second-order valence-electron chi connectivity index (χ2n) is 9.41. The highest BCUT2D eigenvalue weighted by Gasteiger charge is 2.46. The van der Waals surface area contributed by atoms with Crippen LogP contribution in [0.5, 0.6) is 0 Å². The van der Waals surface area contributed by atoms with Crippen LogP contribution in [-0.2, 0) is 9.53 Å². The van der Waals surface area contributed by atoms with Crippen molar-refractivity contribution in [3.05, 3.63) is 69.7 Å². The average molecular weight is 478 g/mol. The molecule has 2 aromatic carbocycles. The van der Waals surface area contributed by atoms with Crippen LogP contribution < -0.4 is 0 Å². The summed E-state index contributed by atoms with van der Waals surface area (Å²) >= 11 is 14.4. The second-order valence-corrected chi connectivity index (χ2v) is 12.1. The Morgan fingerprint density at radius 1 is 1.06 bits per heavy atom. The Bertz CT molecular complexity index is 924. The molecule has 166 valence electrons. The van der Waals surface area contributed by atoms with Crippen molar-refractivity contribution >= 4 is 40.9 Å². The molecule has 1 saturated heterocycles. The summed E-state index contributed by atoms with van der Waals surface area (Å²) in [4.78, 5) is 15.4. The zero-order valence-corrected chi connectivity index (χ0v) is 20.5. The van der Waals surface area contributed by atoms with Crippen LogP contribution in [0.3, 0.4) is 0 Å². The van der Waals surface area contributed by atoms with E-state index in [1.54, 1.807) is 0 Å². The van der Waals surface area contributed by atoms with Gasteiger partial charge in [0.15, 0.2) is 0 Å². The minimum atomic E-state index is -0.279. The molecule has 0 bridgehead atoms. The third-order valence-electron chi connectivity index (χ3n) is 5.86. The number of amides is 1. The lowest BCUT2D eigenvalue weighted by Gasteiger charge is -2.46. The fourth-order valence-corrected chi connectivity index (χ4v) is 5.66. The fourth-order valence-electron chi connectivity index (χ4n) is 4.24. The molecule has 2 fully saturated rings. The molecule has 0 radical (unpaired) electrons. The quantitative estimate of drug-likeness (QED) is 0.450. The fraction of sp³-hybridized carbons (Fsp3) is 0.480. The SMILES string of the molecule is CC(C)(C)SC[C@H](C1CC1)N1C(=O)CO[C@H](c2cccc(Cl)c2)[C@H]1c1ccc(Cl)cc1. The van der Waals surface area contributed by atoms with Crippen molar-refractivity contribution in [1.29, 1.82) is 0 Å². The summed E-state index contributed by atoms with van der Waals surface area (Å²) in [5.74, 6) is 1.53. The van der Waals surface area contributed by atoms with Crippen molar-refractivity contribution in [3.8, 4) is 0 Å². The molecule has 0 aromatic heterocycles. The number of halogens is 2. The number of carbonyl (C=O) groups excluding carboxylic acids is 1. The molecule has 2 aliphatic rings. The number of thioether (sulfide) groups is 1. The highest BCUT2D eigenvalue weighted by atomic mass is 35.5. The van der Waals surface area contributed by atoms with E-state index in [2.05, 4.69) is 25.7 Å². The zero-order valence-electron chi connectivity index (χ0n) is 18.2. The first kappa shape index (κ1) is 23.0. The van der Waals surface area contributed by atoms with Gasteiger partial charge >= 0.3 is 0 Å². The topological polar surface area (TPSA) is 29.5 Å². The standard InChI is InChI=1S/C25H29Cl2NO2S/c1-25(2,3)31-15-21(16-7-8-16)28-22(29)14-30-24(18-5-4-6-20(27)13-18)23(28)17-9-11-19(26)12-10-17/h4-6,9-13,16,21,23-24H,7-8,14-15H2,1-3H3/t21-,23-,24-/m1/s1. The molecule has 6 heteroatoms. The maximum absolute atomic E-state index is 13.3. The van der Waals surface area contributed by atoms with Gasteiger partial charge < -0.3 is 9.64 Å². The van der Waals surface area contributed by atoms with Crippen LogP contribution in [0.2, 0.25) is 10.0 Å². The van der Waals surface area contributed by atoms with Crippen molar-refractivity contribution in [2.45, 2.75) is 56.5 Å². The number of morpholine rings is 1. The van der Waals surface area contributed by atoms with Gasteiger partial charge in [-0.2, -0.15) is 11.8 Å². The first-order chi connectivity index (χ1) is 14.7. The lowest BCUT2D eigenvalue weighted by molar-refractivity contribution is -0.163. The molecular formula is C25H29Cl2NO2S. The van der Waals surface area contributed by atoms with Gasteiger partial charge in [0.05, 0.1) is 6.04 Å². The second kappa shape index (κ2) is 9.35. The third kappa shape index (κ3) is 5.60. The van der Waals surface area contributed by atoms with Crippen LogP contribution in [0, 0.1) is 5.92 Å². The number of benzene rings is 2. The minimum Gasteiger partial charge on any atom is -0.361 e. The van der Waals surface area contributed by atoms with E-state index in [0.29, 0.717) is 16.0 Å². The van der Waals surface area contributed by atoms with Crippen LogP contribution in [-0.4, -0.2) is 34.0 Å². The van der Waals surface area contributed by atoms with E-state index in [4.69, 9.17) is 27.9 Å². The van der Waals surface area contributed by atoms with E-state index in [0.717, 1.165) is 16.9 Å². The number of carbonyl (C=O) groups is 1. The Hall–Kier alpha value is -1.20. The number of nitrogens with zero attached hydrogens (tertiary/aromatic N) is 1. The molecule has 1 saturated carbocycles. The summed E-state index contributed by atoms with van der Waals surface area (Å²) in [6.07, 6.45) is 2.07. The van der Waals surface area contributed by atoms with E-state index in [-0.39, 0.29) is 35.4 Å². The Morgan fingerprint density at radius 2 is 1.77 bits per heavy atom. The molecule has 31 heavy (non-hydrogen) atoms. The van der Waals surface area contributed by atoms with E-state index in [1.165, 1.54) is 12.8 Å².